The van der Waals surface area contributed by atoms with Gasteiger partial charge in [-0.25, -0.2) is 9.78 Å². The van der Waals surface area contributed by atoms with Gasteiger partial charge in [0.2, 0.25) is 0 Å². The Bertz CT molecular complexity index is 1020. The van der Waals surface area contributed by atoms with E-state index in [-0.39, 0.29) is 12.5 Å². The zero-order chi connectivity index (χ0) is 19.5. The predicted octanol–water partition coefficient (Wildman–Crippen LogP) is 3.97. The molecule has 0 unspecified atom stereocenters. The molecule has 1 saturated heterocycles. The van der Waals surface area contributed by atoms with E-state index in [4.69, 9.17) is 9.15 Å². The van der Waals surface area contributed by atoms with Crippen molar-refractivity contribution >= 4 is 22.8 Å². The van der Waals surface area contributed by atoms with Gasteiger partial charge in [-0.2, -0.15) is 0 Å². The Morgan fingerprint density at radius 3 is 2.64 bits per heavy atom. The third-order valence-corrected chi connectivity index (χ3v) is 4.96. The molecular formula is C22H22N2O4. The van der Waals surface area contributed by atoms with Gasteiger partial charge in [-0.15, -0.1) is 0 Å². The highest BCUT2D eigenvalue weighted by Gasteiger charge is 2.20. The Balaban J connectivity index is 1.59. The van der Waals surface area contributed by atoms with Crippen LogP contribution in [-0.2, 0) is 9.53 Å². The molecule has 1 amide bonds. The molecule has 0 N–H and O–H groups in total. The van der Waals surface area contributed by atoms with Crippen molar-refractivity contribution in [3.63, 3.8) is 0 Å². The number of nitrogens with zero attached hydrogens (tertiary/aromatic N) is 2. The number of esters is 1. The van der Waals surface area contributed by atoms with Crippen LogP contribution in [0.3, 0.4) is 0 Å². The molecule has 1 fully saturated rings. The van der Waals surface area contributed by atoms with E-state index in [9.17, 15) is 9.59 Å². The Morgan fingerprint density at radius 1 is 1.11 bits per heavy atom. The lowest BCUT2D eigenvalue weighted by Gasteiger charge is -2.26. The molecule has 2 aromatic heterocycles. The van der Waals surface area contributed by atoms with Crippen LogP contribution in [0.4, 0.5) is 0 Å². The number of ether oxygens (including phenoxy) is 1. The van der Waals surface area contributed by atoms with Crippen LogP contribution >= 0.6 is 0 Å². The van der Waals surface area contributed by atoms with Gasteiger partial charge < -0.3 is 14.1 Å². The SMILES string of the molecule is Cc1ccc(-c2cc(C(=O)OCC(=O)N3CCCCC3)c3ccccc3n2)o1. The molecule has 1 aliphatic heterocycles. The predicted molar refractivity (Wildman–Crippen MR) is 105 cm³/mol. The van der Waals surface area contributed by atoms with Crippen LogP contribution in [0.15, 0.2) is 46.9 Å². The van der Waals surface area contributed by atoms with Crippen molar-refractivity contribution in [1.82, 2.24) is 9.88 Å². The first-order chi connectivity index (χ1) is 13.6. The van der Waals surface area contributed by atoms with Crippen molar-refractivity contribution in [2.45, 2.75) is 26.2 Å². The summed E-state index contributed by atoms with van der Waals surface area (Å²) in [6.07, 6.45) is 3.14. The number of carbonyl (C=O) groups excluding carboxylic acids is 2. The van der Waals surface area contributed by atoms with Gasteiger partial charge in [0.05, 0.1) is 11.1 Å². The standard InChI is InChI=1S/C22H22N2O4/c1-15-9-10-20(28-15)19-13-17(16-7-3-4-8-18(16)23-19)22(26)27-14-21(25)24-11-5-2-6-12-24/h3-4,7-10,13H,2,5-6,11-12,14H2,1H3. The third-order valence-electron chi connectivity index (χ3n) is 4.96. The minimum absolute atomic E-state index is 0.145. The Kier molecular flexibility index (Phi) is 5.10. The highest BCUT2D eigenvalue weighted by molar-refractivity contribution is 6.05. The van der Waals surface area contributed by atoms with Gasteiger partial charge in [-0.3, -0.25) is 4.79 Å². The first-order valence-electron chi connectivity index (χ1n) is 9.53. The third kappa shape index (κ3) is 3.76. The van der Waals surface area contributed by atoms with Crippen molar-refractivity contribution < 1.29 is 18.7 Å². The van der Waals surface area contributed by atoms with Crippen molar-refractivity contribution in [2.75, 3.05) is 19.7 Å². The molecule has 0 bridgehead atoms. The average molecular weight is 378 g/mol. The molecule has 6 heteroatoms. The molecule has 1 aromatic carbocycles. The summed E-state index contributed by atoms with van der Waals surface area (Å²) in [4.78, 5) is 31.4. The van der Waals surface area contributed by atoms with Crippen LogP contribution in [0, 0.1) is 6.92 Å². The Hall–Kier alpha value is -3.15. The van der Waals surface area contributed by atoms with Crippen molar-refractivity contribution in [3.8, 4) is 11.5 Å². The van der Waals surface area contributed by atoms with Gasteiger partial charge in [0, 0.05) is 18.5 Å². The number of pyridine rings is 1. The van der Waals surface area contributed by atoms with E-state index in [2.05, 4.69) is 4.98 Å². The van der Waals surface area contributed by atoms with E-state index in [0.717, 1.165) is 38.1 Å². The summed E-state index contributed by atoms with van der Waals surface area (Å²) in [6.45, 7) is 3.07. The number of hydrogen-bond acceptors (Lipinski definition) is 5. The van der Waals surface area contributed by atoms with Gasteiger partial charge in [0.1, 0.15) is 11.5 Å². The van der Waals surface area contributed by atoms with Crippen molar-refractivity contribution in [1.29, 1.82) is 0 Å². The maximum atomic E-state index is 12.8. The number of hydrogen-bond donors (Lipinski definition) is 0. The molecule has 144 valence electrons. The number of rotatable bonds is 4. The highest BCUT2D eigenvalue weighted by Crippen LogP contribution is 2.26. The van der Waals surface area contributed by atoms with Crippen LogP contribution in [-0.4, -0.2) is 41.5 Å². The number of benzene rings is 1. The van der Waals surface area contributed by atoms with Gasteiger partial charge in [0.15, 0.2) is 12.4 Å². The number of para-hydroxylation sites is 1. The molecule has 0 atom stereocenters. The second-order valence-electron chi connectivity index (χ2n) is 7.00. The fraction of sp³-hybridized carbons (Fsp3) is 0.318. The minimum Gasteiger partial charge on any atom is -0.460 e. The van der Waals surface area contributed by atoms with E-state index >= 15 is 0 Å². The lowest BCUT2D eigenvalue weighted by Crippen LogP contribution is -2.38. The molecule has 6 nitrogen and oxygen atoms in total. The second kappa shape index (κ2) is 7.84. The summed E-state index contributed by atoms with van der Waals surface area (Å²) < 4.78 is 11.0. The largest absolute Gasteiger partial charge is 0.460 e. The molecule has 0 radical (unpaired) electrons. The van der Waals surface area contributed by atoms with E-state index in [1.165, 1.54) is 0 Å². The number of furan rings is 1. The number of amides is 1. The minimum atomic E-state index is -0.534. The first-order valence-corrected chi connectivity index (χ1v) is 9.53. The van der Waals surface area contributed by atoms with E-state index in [0.29, 0.717) is 27.9 Å². The molecule has 28 heavy (non-hydrogen) atoms. The summed E-state index contributed by atoms with van der Waals surface area (Å²) >= 11 is 0. The maximum absolute atomic E-state index is 12.8. The molecule has 3 heterocycles. The molecule has 0 aliphatic carbocycles. The smallest absolute Gasteiger partial charge is 0.339 e. The average Bonchev–Trinajstić information content (AvgIpc) is 3.18. The molecule has 1 aliphatic rings. The van der Waals surface area contributed by atoms with Crippen LogP contribution in [0.5, 0.6) is 0 Å². The number of aryl methyl sites for hydroxylation is 1. The summed E-state index contributed by atoms with van der Waals surface area (Å²) in [6, 6.07) is 12.7. The highest BCUT2D eigenvalue weighted by atomic mass is 16.5. The second-order valence-corrected chi connectivity index (χ2v) is 7.00. The van der Waals surface area contributed by atoms with Gasteiger partial charge in [-0.05, 0) is 50.5 Å². The topological polar surface area (TPSA) is 72.6 Å². The van der Waals surface area contributed by atoms with E-state index in [1.807, 2.05) is 43.3 Å². The fourth-order valence-corrected chi connectivity index (χ4v) is 3.48. The zero-order valence-electron chi connectivity index (χ0n) is 15.8. The van der Waals surface area contributed by atoms with Crippen molar-refractivity contribution in [3.05, 3.63) is 53.8 Å². The Labute approximate surface area is 163 Å². The number of aromatic nitrogens is 1. The summed E-state index contributed by atoms with van der Waals surface area (Å²) in [5.41, 5.74) is 1.60. The maximum Gasteiger partial charge on any atom is 0.339 e. The van der Waals surface area contributed by atoms with Gasteiger partial charge >= 0.3 is 5.97 Å². The van der Waals surface area contributed by atoms with E-state index in [1.54, 1.807) is 11.0 Å². The number of piperidine rings is 1. The lowest BCUT2D eigenvalue weighted by atomic mass is 10.1. The van der Waals surface area contributed by atoms with Gasteiger partial charge in [-0.1, -0.05) is 18.2 Å². The molecule has 4 rings (SSSR count). The number of fused-ring (bicyclic) bond motifs is 1. The van der Waals surface area contributed by atoms with Gasteiger partial charge in [0.25, 0.3) is 5.91 Å². The fourth-order valence-electron chi connectivity index (χ4n) is 3.48. The number of carbonyl (C=O) groups is 2. The summed E-state index contributed by atoms with van der Waals surface area (Å²) in [5, 5.41) is 0.685. The molecule has 0 spiro atoms. The molecule has 3 aromatic rings. The first kappa shape index (κ1) is 18.2. The van der Waals surface area contributed by atoms with Crippen LogP contribution in [0.25, 0.3) is 22.4 Å². The monoisotopic (exact) mass is 378 g/mol. The Morgan fingerprint density at radius 2 is 1.89 bits per heavy atom. The zero-order valence-corrected chi connectivity index (χ0v) is 15.8. The molecule has 0 saturated carbocycles. The molecular weight excluding hydrogens is 356 g/mol. The summed E-state index contributed by atoms with van der Waals surface area (Å²) in [5.74, 6) is 0.671. The van der Waals surface area contributed by atoms with Crippen LogP contribution < -0.4 is 0 Å². The normalized spacial score (nSPS) is 14.2. The van der Waals surface area contributed by atoms with Crippen LogP contribution in [0.1, 0.15) is 35.4 Å². The number of likely N-dealkylation sites (tertiary alicyclic amines) is 1. The van der Waals surface area contributed by atoms with Crippen molar-refractivity contribution in [2.24, 2.45) is 0 Å². The lowest BCUT2D eigenvalue weighted by molar-refractivity contribution is -0.135. The van der Waals surface area contributed by atoms with E-state index < -0.39 is 5.97 Å². The summed E-state index contributed by atoms with van der Waals surface area (Å²) in [7, 11) is 0. The van der Waals surface area contributed by atoms with Crippen LogP contribution in [0.2, 0.25) is 0 Å². The quantitative estimate of drug-likeness (QED) is 0.642.